The summed E-state index contributed by atoms with van der Waals surface area (Å²) in [4.78, 5) is 23.9. The zero-order valence-electron chi connectivity index (χ0n) is 10.8. The molecule has 0 spiro atoms. The minimum absolute atomic E-state index is 0.138. The van der Waals surface area contributed by atoms with Crippen molar-refractivity contribution in [2.45, 2.75) is 31.1 Å². The molecule has 0 rings (SSSR count). The van der Waals surface area contributed by atoms with E-state index in [4.69, 9.17) is 16.1 Å². The first kappa shape index (κ1) is 16.7. The molecule has 0 heterocycles. The van der Waals surface area contributed by atoms with Crippen molar-refractivity contribution in [1.82, 2.24) is 4.90 Å². The van der Waals surface area contributed by atoms with Crippen LogP contribution in [0.1, 0.15) is 20.3 Å². The molecule has 0 unspecified atom stereocenters. The summed E-state index contributed by atoms with van der Waals surface area (Å²) in [5.74, 6) is -1.07. The van der Waals surface area contributed by atoms with Crippen LogP contribution in [0.25, 0.3) is 0 Å². The number of nitriles is 1. The molecule has 3 N–H and O–H groups in total. The summed E-state index contributed by atoms with van der Waals surface area (Å²) in [5.41, 5.74) is 5.55. The molecular formula is C11H19N3O3S. The van der Waals surface area contributed by atoms with Crippen molar-refractivity contribution in [1.29, 1.82) is 5.26 Å². The third kappa shape index (κ3) is 5.38. The molecule has 0 aliphatic carbocycles. The molecule has 1 atom stereocenters. The van der Waals surface area contributed by atoms with Crippen molar-refractivity contribution in [3.63, 3.8) is 0 Å². The molecule has 0 aliphatic rings. The van der Waals surface area contributed by atoms with Gasteiger partial charge in [-0.3, -0.25) is 9.59 Å². The molecule has 0 aromatic heterocycles. The molecule has 0 aliphatic heterocycles. The SMILES string of the molecule is CN(CCC#N)C(=O)CSC(C)(C)[C@H](N)C(=O)O. The van der Waals surface area contributed by atoms with Crippen LogP contribution < -0.4 is 5.73 Å². The molecule has 7 heteroatoms. The van der Waals surface area contributed by atoms with Gasteiger partial charge < -0.3 is 15.7 Å². The summed E-state index contributed by atoms with van der Waals surface area (Å²) < 4.78 is -0.725. The van der Waals surface area contributed by atoms with Gasteiger partial charge in [0.05, 0.1) is 18.2 Å². The minimum atomic E-state index is -1.09. The number of aliphatic carboxylic acids is 1. The Balaban J connectivity index is 4.27. The van der Waals surface area contributed by atoms with Crippen LogP contribution in [0.2, 0.25) is 0 Å². The van der Waals surface area contributed by atoms with Gasteiger partial charge in [0, 0.05) is 18.3 Å². The van der Waals surface area contributed by atoms with Gasteiger partial charge in [-0.2, -0.15) is 5.26 Å². The van der Waals surface area contributed by atoms with Gasteiger partial charge in [-0.15, -0.1) is 11.8 Å². The molecule has 0 bridgehead atoms. The number of carbonyl (C=O) groups excluding carboxylic acids is 1. The average molecular weight is 273 g/mol. The van der Waals surface area contributed by atoms with E-state index in [2.05, 4.69) is 0 Å². The molecule has 6 nitrogen and oxygen atoms in total. The fourth-order valence-corrected chi connectivity index (χ4v) is 2.08. The minimum Gasteiger partial charge on any atom is -0.480 e. The third-order valence-electron chi connectivity index (χ3n) is 2.57. The first-order chi connectivity index (χ1) is 8.22. The lowest BCUT2D eigenvalue weighted by Crippen LogP contribution is -2.47. The highest BCUT2D eigenvalue weighted by molar-refractivity contribution is 8.01. The van der Waals surface area contributed by atoms with Gasteiger partial charge in [-0.1, -0.05) is 0 Å². The molecule has 0 fully saturated rings. The van der Waals surface area contributed by atoms with E-state index >= 15 is 0 Å². The van der Waals surface area contributed by atoms with E-state index in [9.17, 15) is 9.59 Å². The van der Waals surface area contributed by atoms with Crippen LogP contribution in [-0.4, -0.2) is 52.0 Å². The lowest BCUT2D eigenvalue weighted by atomic mass is 10.1. The van der Waals surface area contributed by atoms with E-state index in [1.807, 2.05) is 6.07 Å². The normalized spacial score (nSPS) is 12.6. The molecule has 102 valence electrons. The van der Waals surface area contributed by atoms with Crippen molar-refractivity contribution in [3.8, 4) is 6.07 Å². The van der Waals surface area contributed by atoms with Gasteiger partial charge >= 0.3 is 5.97 Å². The maximum absolute atomic E-state index is 11.7. The summed E-state index contributed by atoms with van der Waals surface area (Å²) in [6.07, 6.45) is 0.283. The highest BCUT2D eigenvalue weighted by Gasteiger charge is 2.33. The topological polar surface area (TPSA) is 107 Å². The smallest absolute Gasteiger partial charge is 0.321 e. The average Bonchev–Trinajstić information content (AvgIpc) is 2.31. The second kappa shape index (κ2) is 7.24. The molecule has 1 amide bonds. The summed E-state index contributed by atoms with van der Waals surface area (Å²) in [6.45, 7) is 3.76. The summed E-state index contributed by atoms with van der Waals surface area (Å²) in [5, 5.41) is 17.3. The number of rotatable bonds is 7. The number of carboxylic acids is 1. The van der Waals surface area contributed by atoms with Crippen LogP contribution in [0.4, 0.5) is 0 Å². The molecular weight excluding hydrogens is 254 g/mol. The Bertz CT molecular complexity index is 352. The summed E-state index contributed by atoms with van der Waals surface area (Å²) >= 11 is 1.21. The quantitative estimate of drug-likeness (QED) is 0.690. The number of carbonyl (C=O) groups is 2. The highest BCUT2D eigenvalue weighted by Crippen LogP contribution is 2.27. The maximum Gasteiger partial charge on any atom is 0.321 e. The van der Waals surface area contributed by atoms with Crippen LogP contribution in [-0.2, 0) is 9.59 Å². The first-order valence-electron chi connectivity index (χ1n) is 5.45. The van der Waals surface area contributed by atoms with Crippen molar-refractivity contribution in [2.24, 2.45) is 5.73 Å². The number of hydrogen-bond donors (Lipinski definition) is 2. The van der Waals surface area contributed by atoms with Crippen LogP contribution >= 0.6 is 11.8 Å². The predicted octanol–water partition coefficient (Wildman–Crippen LogP) is 0.282. The number of thioether (sulfide) groups is 1. The Hall–Kier alpha value is -1.26. The van der Waals surface area contributed by atoms with Crippen molar-refractivity contribution >= 4 is 23.6 Å². The zero-order valence-corrected chi connectivity index (χ0v) is 11.7. The van der Waals surface area contributed by atoms with E-state index in [0.29, 0.717) is 6.54 Å². The van der Waals surface area contributed by atoms with Crippen LogP contribution in [0.15, 0.2) is 0 Å². The molecule has 0 aromatic carbocycles. The Labute approximate surface area is 111 Å². The molecule has 0 saturated heterocycles. The molecule has 18 heavy (non-hydrogen) atoms. The van der Waals surface area contributed by atoms with E-state index in [1.165, 1.54) is 16.7 Å². The number of nitrogens with two attached hydrogens (primary N) is 1. The fraction of sp³-hybridized carbons (Fsp3) is 0.727. The van der Waals surface area contributed by atoms with E-state index < -0.39 is 16.8 Å². The van der Waals surface area contributed by atoms with Crippen LogP contribution in [0.5, 0.6) is 0 Å². The molecule has 0 aromatic rings. The standard InChI is InChI=1S/C11H19N3O3S/c1-11(2,9(13)10(16)17)18-7-8(15)14(3)6-4-5-12/h9H,4,6-7,13H2,1-3H3,(H,16,17)/t9-/m1/s1. The second-order valence-corrected chi connectivity index (χ2v) is 6.06. The fourth-order valence-electron chi connectivity index (χ4n) is 1.09. The van der Waals surface area contributed by atoms with E-state index in [0.717, 1.165) is 0 Å². The van der Waals surface area contributed by atoms with Crippen LogP contribution in [0, 0.1) is 11.3 Å². The predicted molar refractivity (Wildman–Crippen MR) is 70.0 cm³/mol. The Morgan fingerprint density at radius 2 is 2.11 bits per heavy atom. The summed E-state index contributed by atoms with van der Waals surface area (Å²) in [7, 11) is 1.62. The monoisotopic (exact) mass is 273 g/mol. The lowest BCUT2D eigenvalue weighted by Gasteiger charge is -2.28. The third-order valence-corrected chi connectivity index (χ3v) is 3.96. The molecule has 0 radical (unpaired) electrons. The Morgan fingerprint density at radius 1 is 1.56 bits per heavy atom. The number of hydrogen-bond acceptors (Lipinski definition) is 5. The van der Waals surface area contributed by atoms with Gasteiger partial charge in [0.15, 0.2) is 0 Å². The second-order valence-electron chi connectivity index (χ2n) is 4.43. The first-order valence-corrected chi connectivity index (χ1v) is 6.44. The Morgan fingerprint density at radius 3 is 2.56 bits per heavy atom. The lowest BCUT2D eigenvalue weighted by molar-refractivity contribution is -0.139. The summed E-state index contributed by atoms with van der Waals surface area (Å²) in [6, 6.07) is 0.933. The maximum atomic E-state index is 11.7. The van der Waals surface area contributed by atoms with Gasteiger partial charge in [-0.05, 0) is 13.8 Å². The van der Waals surface area contributed by atoms with Crippen LogP contribution in [0.3, 0.4) is 0 Å². The van der Waals surface area contributed by atoms with Crippen molar-refractivity contribution in [2.75, 3.05) is 19.3 Å². The zero-order chi connectivity index (χ0) is 14.3. The highest BCUT2D eigenvalue weighted by atomic mass is 32.2. The Kier molecular flexibility index (Phi) is 6.73. The van der Waals surface area contributed by atoms with E-state index in [-0.39, 0.29) is 18.1 Å². The number of carboxylic acid groups (broad SMARTS) is 1. The van der Waals surface area contributed by atoms with Gasteiger partial charge in [0.1, 0.15) is 6.04 Å². The van der Waals surface area contributed by atoms with Gasteiger partial charge in [0.25, 0.3) is 0 Å². The van der Waals surface area contributed by atoms with Gasteiger partial charge in [0.2, 0.25) is 5.91 Å². The van der Waals surface area contributed by atoms with Gasteiger partial charge in [-0.25, -0.2) is 0 Å². The largest absolute Gasteiger partial charge is 0.480 e. The molecule has 0 saturated carbocycles. The van der Waals surface area contributed by atoms with Crippen molar-refractivity contribution < 1.29 is 14.7 Å². The van der Waals surface area contributed by atoms with Crippen molar-refractivity contribution in [3.05, 3.63) is 0 Å². The number of nitrogens with zero attached hydrogens (tertiary/aromatic N) is 2. The van der Waals surface area contributed by atoms with E-state index in [1.54, 1.807) is 20.9 Å². The number of amides is 1.